The zero-order valence-corrected chi connectivity index (χ0v) is 8.83. The number of hydrogen-bond acceptors (Lipinski definition) is 0. The third-order valence-corrected chi connectivity index (χ3v) is 2.60. The molecule has 1 aromatic carbocycles. The van der Waals surface area contributed by atoms with Crippen molar-refractivity contribution in [2.75, 3.05) is 5.88 Å². The molecule has 12 heavy (non-hydrogen) atoms. The Balaban J connectivity index is 2.72. The molecule has 0 N–H and O–H groups in total. The predicted octanol–water partition coefficient (Wildman–Crippen LogP) is 3.76. The summed E-state index contributed by atoms with van der Waals surface area (Å²) in [5.41, 5.74) is 1.11. The van der Waals surface area contributed by atoms with E-state index in [2.05, 4.69) is 15.9 Å². The van der Waals surface area contributed by atoms with Gasteiger partial charge in [-0.05, 0) is 30.5 Å². The molecule has 3 heteroatoms. The van der Waals surface area contributed by atoms with Gasteiger partial charge < -0.3 is 0 Å². The van der Waals surface area contributed by atoms with Gasteiger partial charge in [0.05, 0.1) is 0 Å². The summed E-state index contributed by atoms with van der Waals surface area (Å²) < 4.78 is 13.4. The number of hydrogen-bond donors (Lipinski definition) is 0. The van der Waals surface area contributed by atoms with Crippen molar-refractivity contribution in [3.8, 4) is 0 Å². The zero-order valence-electron chi connectivity index (χ0n) is 6.49. The van der Waals surface area contributed by atoms with E-state index in [4.69, 9.17) is 11.6 Å². The van der Waals surface area contributed by atoms with Gasteiger partial charge in [0.1, 0.15) is 5.82 Å². The van der Waals surface area contributed by atoms with Crippen molar-refractivity contribution < 1.29 is 4.39 Å². The largest absolute Gasteiger partial charge is 0.207 e. The Labute approximate surface area is 84.9 Å². The Bertz CT molecular complexity index is 263. The van der Waals surface area contributed by atoms with Crippen molar-refractivity contribution in [2.45, 2.75) is 12.8 Å². The molecule has 0 spiro atoms. The molecule has 0 aliphatic carbocycles. The van der Waals surface area contributed by atoms with Gasteiger partial charge in [-0.15, -0.1) is 11.6 Å². The summed E-state index contributed by atoms with van der Waals surface area (Å²) in [6.07, 6.45) is 1.82. The van der Waals surface area contributed by atoms with Crippen molar-refractivity contribution in [1.29, 1.82) is 0 Å². The minimum atomic E-state index is -0.212. The van der Waals surface area contributed by atoms with Crippen LogP contribution in [0.1, 0.15) is 12.0 Å². The molecule has 0 saturated carbocycles. The first kappa shape index (κ1) is 10.0. The first-order chi connectivity index (χ1) is 5.74. The van der Waals surface area contributed by atoms with Crippen molar-refractivity contribution in [1.82, 2.24) is 0 Å². The Morgan fingerprint density at radius 2 is 2.17 bits per heavy atom. The number of aryl methyl sites for hydroxylation is 1. The first-order valence-corrected chi connectivity index (χ1v) is 5.06. The SMILES string of the molecule is Fc1ccc(CCCCl)c(Br)c1. The molecule has 66 valence electrons. The maximum Gasteiger partial charge on any atom is 0.124 e. The molecule has 0 saturated heterocycles. The quantitative estimate of drug-likeness (QED) is 0.718. The first-order valence-electron chi connectivity index (χ1n) is 3.74. The Morgan fingerprint density at radius 3 is 2.75 bits per heavy atom. The molecule has 0 atom stereocenters. The maximum atomic E-state index is 12.6. The van der Waals surface area contributed by atoms with Gasteiger partial charge in [0.2, 0.25) is 0 Å². The lowest BCUT2D eigenvalue weighted by Gasteiger charge is -2.02. The second-order valence-corrected chi connectivity index (χ2v) is 3.76. The highest BCUT2D eigenvalue weighted by Gasteiger charge is 2.00. The predicted molar refractivity (Wildman–Crippen MR) is 53.1 cm³/mol. The fourth-order valence-electron chi connectivity index (χ4n) is 0.982. The van der Waals surface area contributed by atoms with E-state index in [1.165, 1.54) is 12.1 Å². The van der Waals surface area contributed by atoms with Gasteiger partial charge in [0.15, 0.2) is 0 Å². The molecule has 0 aromatic heterocycles. The van der Waals surface area contributed by atoms with Gasteiger partial charge in [0, 0.05) is 10.4 Å². The van der Waals surface area contributed by atoms with Gasteiger partial charge in [-0.2, -0.15) is 0 Å². The Morgan fingerprint density at radius 1 is 1.42 bits per heavy atom. The standard InChI is InChI=1S/C9H9BrClF/c10-9-6-8(12)4-3-7(9)2-1-5-11/h3-4,6H,1-2,5H2. The molecule has 1 rings (SSSR count). The summed E-state index contributed by atoms with van der Waals surface area (Å²) in [5, 5.41) is 0. The highest BCUT2D eigenvalue weighted by Crippen LogP contribution is 2.19. The van der Waals surface area contributed by atoms with Gasteiger partial charge in [-0.25, -0.2) is 4.39 Å². The number of benzene rings is 1. The van der Waals surface area contributed by atoms with E-state index in [1.807, 2.05) is 0 Å². The smallest absolute Gasteiger partial charge is 0.124 e. The van der Waals surface area contributed by atoms with Crippen molar-refractivity contribution in [3.63, 3.8) is 0 Å². The van der Waals surface area contributed by atoms with Crippen LogP contribution in [-0.4, -0.2) is 5.88 Å². The average molecular weight is 252 g/mol. The minimum Gasteiger partial charge on any atom is -0.207 e. The molecule has 0 unspecified atom stereocenters. The summed E-state index contributed by atoms with van der Waals surface area (Å²) in [6.45, 7) is 0. The summed E-state index contributed by atoms with van der Waals surface area (Å²) in [7, 11) is 0. The Hall–Kier alpha value is -0.0800. The van der Waals surface area contributed by atoms with Crippen LogP contribution in [0.25, 0.3) is 0 Å². The fourth-order valence-corrected chi connectivity index (χ4v) is 1.66. The van der Waals surface area contributed by atoms with E-state index in [0.717, 1.165) is 22.9 Å². The molecule has 0 heterocycles. The van der Waals surface area contributed by atoms with E-state index >= 15 is 0 Å². The molecule has 0 aliphatic rings. The molecule has 0 aliphatic heterocycles. The number of alkyl halides is 1. The van der Waals surface area contributed by atoms with Gasteiger partial charge in [0.25, 0.3) is 0 Å². The molecule has 0 amide bonds. The monoisotopic (exact) mass is 250 g/mol. The van der Waals surface area contributed by atoms with E-state index < -0.39 is 0 Å². The van der Waals surface area contributed by atoms with Crippen LogP contribution in [0.4, 0.5) is 4.39 Å². The van der Waals surface area contributed by atoms with Crippen LogP contribution in [0.15, 0.2) is 22.7 Å². The average Bonchev–Trinajstić information content (AvgIpc) is 2.03. The normalized spacial score (nSPS) is 10.2. The summed E-state index contributed by atoms with van der Waals surface area (Å²) >= 11 is 8.84. The van der Waals surface area contributed by atoms with Crippen molar-refractivity contribution in [2.24, 2.45) is 0 Å². The van der Waals surface area contributed by atoms with Gasteiger partial charge >= 0.3 is 0 Å². The molecular formula is C9H9BrClF. The molecule has 0 nitrogen and oxygen atoms in total. The number of rotatable bonds is 3. The van der Waals surface area contributed by atoms with Crippen molar-refractivity contribution >= 4 is 27.5 Å². The molecule has 1 aromatic rings. The van der Waals surface area contributed by atoms with E-state index in [0.29, 0.717) is 5.88 Å². The van der Waals surface area contributed by atoms with Crippen LogP contribution in [-0.2, 0) is 6.42 Å². The summed E-state index contributed by atoms with van der Waals surface area (Å²) in [4.78, 5) is 0. The van der Waals surface area contributed by atoms with Crippen LogP contribution in [0.3, 0.4) is 0 Å². The highest BCUT2D eigenvalue weighted by atomic mass is 79.9. The van der Waals surface area contributed by atoms with Crippen LogP contribution in [0, 0.1) is 5.82 Å². The lowest BCUT2D eigenvalue weighted by molar-refractivity contribution is 0.625. The second kappa shape index (κ2) is 4.83. The minimum absolute atomic E-state index is 0.212. The van der Waals surface area contributed by atoms with Crippen LogP contribution in [0.2, 0.25) is 0 Å². The topological polar surface area (TPSA) is 0 Å². The summed E-state index contributed by atoms with van der Waals surface area (Å²) in [6, 6.07) is 4.73. The Kier molecular flexibility index (Phi) is 4.02. The van der Waals surface area contributed by atoms with Crippen molar-refractivity contribution in [3.05, 3.63) is 34.1 Å². The molecule has 0 radical (unpaired) electrons. The fraction of sp³-hybridized carbons (Fsp3) is 0.333. The van der Waals surface area contributed by atoms with Gasteiger partial charge in [-0.1, -0.05) is 22.0 Å². The van der Waals surface area contributed by atoms with E-state index in [9.17, 15) is 4.39 Å². The lowest BCUT2D eigenvalue weighted by atomic mass is 10.1. The summed E-state index contributed by atoms with van der Waals surface area (Å²) in [5.74, 6) is 0.431. The molecule has 0 fully saturated rings. The maximum absolute atomic E-state index is 12.6. The third kappa shape index (κ3) is 2.76. The molecular weight excluding hydrogens is 242 g/mol. The number of halogens is 3. The van der Waals surface area contributed by atoms with Crippen LogP contribution < -0.4 is 0 Å². The van der Waals surface area contributed by atoms with Crippen LogP contribution in [0.5, 0.6) is 0 Å². The van der Waals surface area contributed by atoms with Crippen LogP contribution >= 0.6 is 27.5 Å². The van der Waals surface area contributed by atoms with E-state index in [1.54, 1.807) is 6.07 Å². The highest BCUT2D eigenvalue weighted by molar-refractivity contribution is 9.10. The van der Waals surface area contributed by atoms with Gasteiger partial charge in [-0.3, -0.25) is 0 Å². The zero-order chi connectivity index (χ0) is 8.97. The third-order valence-electron chi connectivity index (χ3n) is 1.59. The van der Waals surface area contributed by atoms with E-state index in [-0.39, 0.29) is 5.82 Å². The second-order valence-electron chi connectivity index (χ2n) is 2.53. The molecule has 0 bridgehead atoms. The lowest BCUT2D eigenvalue weighted by Crippen LogP contribution is -1.88.